The first-order valence-corrected chi connectivity index (χ1v) is 10.1. The first kappa shape index (κ1) is 20.8. The number of amides is 2. The summed E-state index contributed by atoms with van der Waals surface area (Å²) >= 11 is 6.03. The summed E-state index contributed by atoms with van der Waals surface area (Å²) in [5, 5.41) is 0.554. The molecule has 0 N–H and O–H groups in total. The first-order valence-electron chi connectivity index (χ1n) is 9.69. The van der Waals surface area contributed by atoms with Gasteiger partial charge in [0.25, 0.3) is 5.91 Å². The minimum Gasteiger partial charge on any atom is -0.497 e. The van der Waals surface area contributed by atoms with E-state index >= 15 is 0 Å². The summed E-state index contributed by atoms with van der Waals surface area (Å²) in [6.07, 6.45) is 0. The van der Waals surface area contributed by atoms with Crippen LogP contribution in [0.2, 0.25) is 5.02 Å². The maximum atomic E-state index is 13.8. The average Bonchev–Trinajstić information content (AvgIpc) is 2.81. The van der Waals surface area contributed by atoms with E-state index in [2.05, 4.69) is 0 Å². The lowest BCUT2D eigenvalue weighted by molar-refractivity contribution is -0.128. The van der Waals surface area contributed by atoms with Crippen LogP contribution in [-0.4, -0.2) is 32.6 Å². The highest BCUT2D eigenvalue weighted by atomic mass is 35.5. The number of methoxy groups -OCH3 is 2. The van der Waals surface area contributed by atoms with Crippen molar-refractivity contribution in [2.75, 3.05) is 30.6 Å². The molecule has 1 saturated heterocycles. The van der Waals surface area contributed by atoms with E-state index < -0.39 is 6.04 Å². The lowest BCUT2D eigenvalue weighted by Crippen LogP contribution is -2.56. The van der Waals surface area contributed by atoms with Crippen LogP contribution in [0, 0.1) is 0 Å². The third-order valence-corrected chi connectivity index (χ3v) is 5.47. The third-order valence-electron chi connectivity index (χ3n) is 5.22. The van der Waals surface area contributed by atoms with Crippen LogP contribution in [-0.2, 0) is 9.59 Å². The molecule has 1 heterocycles. The van der Waals surface area contributed by atoms with E-state index in [-0.39, 0.29) is 18.4 Å². The molecule has 6 nitrogen and oxygen atoms in total. The Labute approximate surface area is 185 Å². The summed E-state index contributed by atoms with van der Waals surface area (Å²) in [5.74, 6) is 0.578. The standard InChI is InChI=1S/C24H21ClN2O4/c1-30-19-12-13-21(31-2)20(14-19)26-15-22(28)27(18-10-8-17(25)9-11-18)23(24(26)29)16-6-4-3-5-7-16/h3-14,23H,15H2,1-2H3. The second kappa shape index (κ2) is 8.70. The molecule has 0 bridgehead atoms. The molecule has 1 fully saturated rings. The number of carbonyl (C=O) groups is 2. The van der Waals surface area contributed by atoms with E-state index in [4.69, 9.17) is 21.1 Å². The first-order chi connectivity index (χ1) is 15.0. The summed E-state index contributed by atoms with van der Waals surface area (Å²) in [6, 6.07) is 20.4. The van der Waals surface area contributed by atoms with Crippen molar-refractivity contribution < 1.29 is 19.1 Å². The van der Waals surface area contributed by atoms with Gasteiger partial charge in [0.05, 0.1) is 19.9 Å². The summed E-state index contributed by atoms with van der Waals surface area (Å²) in [7, 11) is 3.07. The lowest BCUT2D eigenvalue weighted by atomic mass is 9.99. The van der Waals surface area contributed by atoms with Crippen molar-refractivity contribution in [1.82, 2.24) is 0 Å². The second-order valence-corrected chi connectivity index (χ2v) is 7.45. The molecule has 7 heteroatoms. The maximum absolute atomic E-state index is 13.8. The molecule has 0 aliphatic carbocycles. The molecule has 158 valence electrons. The summed E-state index contributed by atoms with van der Waals surface area (Å²) in [4.78, 5) is 30.2. The van der Waals surface area contributed by atoms with E-state index in [1.807, 2.05) is 30.3 Å². The van der Waals surface area contributed by atoms with Crippen molar-refractivity contribution in [3.63, 3.8) is 0 Å². The monoisotopic (exact) mass is 436 g/mol. The highest BCUT2D eigenvalue weighted by molar-refractivity contribution is 6.30. The fourth-order valence-corrected chi connectivity index (χ4v) is 3.85. The zero-order valence-electron chi connectivity index (χ0n) is 17.1. The quantitative estimate of drug-likeness (QED) is 0.591. The fraction of sp³-hybridized carbons (Fsp3) is 0.167. The normalized spacial score (nSPS) is 16.4. The summed E-state index contributed by atoms with van der Waals surface area (Å²) in [5.41, 5.74) is 1.80. The van der Waals surface area contributed by atoms with E-state index in [0.717, 1.165) is 0 Å². The molecule has 1 aliphatic heterocycles. The number of rotatable bonds is 5. The minimum atomic E-state index is -0.834. The van der Waals surface area contributed by atoms with Crippen LogP contribution in [0.25, 0.3) is 0 Å². The van der Waals surface area contributed by atoms with Crippen molar-refractivity contribution in [3.8, 4) is 11.5 Å². The Balaban J connectivity index is 1.83. The van der Waals surface area contributed by atoms with Crippen molar-refractivity contribution in [2.45, 2.75) is 6.04 Å². The number of ether oxygens (including phenoxy) is 2. The third kappa shape index (κ3) is 3.94. The molecule has 3 aromatic rings. The van der Waals surface area contributed by atoms with Gasteiger partial charge in [-0.15, -0.1) is 0 Å². The van der Waals surface area contributed by atoms with Crippen LogP contribution < -0.4 is 19.3 Å². The van der Waals surface area contributed by atoms with Crippen LogP contribution in [0.5, 0.6) is 11.5 Å². The van der Waals surface area contributed by atoms with Crippen LogP contribution in [0.1, 0.15) is 11.6 Å². The van der Waals surface area contributed by atoms with E-state index in [0.29, 0.717) is 33.5 Å². The number of hydrogen-bond acceptors (Lipinski definition) is 4. The topological polar surface area (TPSA) is 59.1 Å². The van der Waals surface area contributed by atoms with E-state index in [1.54, 1.807) is 49.6 Å². The van der Waals surface area contributed by atoms with Crippen molar-refractivity contribution in [1.29, 1.82) is 0 Å². The van der Waals surface area contributed by atoms with Gasteiger partial charge in [-0.3, -0.25) is 19.4 Å². The molecule has 1 unspecified atom stereocenters. The number of halogens is 1. The Bertz CT molecular complexity index is 1100. The maximum Gasteiger partial charge on any atom is 0.255 e. The number of piperazine rings is 1. The van der Waals surface area contributed by atoms with Gasteiger partial charge in [-0.1, -0.05) is 41.9 Å². The summed E-state index contributed by atoms with van der Waals surface area (Å²) in [6.45, 7) is -0.131. The number of hydrogen-bond donors (Lipinski definition) is 0. The molecule has 0 spiro atoms. The molecule has 0 saturated carbocycles. The molecule has 0 aromatic heterocycles. The molecule has 0 radical (unpaired) electrons. The van der Waals surface area contributed by atoms with Crippen LogP contribution in [0.15, 0.2) is 72.8 Å². The van der Waals surface area contributed by atoms with Crippen molar-refractivity contribution >= 4 is 34.8 Å². The molecule has 31 heavy (non-hydrogen) atoms. The summed E-state index contributed by atoms with van der Waals surface area (Å²) < 4.78 is 10.8. The van der Waals surface area contributed by atoms with Gasteiger partial charge in [0.2, 0.25) is 5.91 Å². The molecular formula is C24H21ClN2O4. The Morgan fingerprint density at radius 1 is 0.903 bits per heavy atom. The highest BCUT2D eigenvalue weighted by Gasteiger charge is 2.42. The van der Waals surface area contributed by atoms with Crippen LogP contribution in [0.3, 0.4) is 0 Å². The van der Waals surface area contributed by atoms with Crippen molar-refractivity contribution in [3.05, 3.63) is 83.4 Å². The number of carbonyl (C=O) groups excluding carboxylic acids is 2. The number of nitrogens with zero attached hydrogens (tertiary/aromatic N) is 2. The van der Waals surface area contributed by atoms with E-state index in [9.17, 15) is 9.59 Å². The van der Waals surface area contributed by atoms with Gasteiger partial charge < -0.3 is 9.47 Å². The van der Waals surface area contributed by atoms with Crippen molar-refractivity contribution in [2.24, 2.45) is 0 Å². The van der Waals surface area contributed by atoms with Gasteiger partial charge in [-0.05, 0) is 42.0 Å². The average molecular weight is 437 g/mol. The predicted molar refractivity (Wildman–Crippen MR) is 120 cm³/mol. The molecule has 1 aliphatic rings. The Morgan fingerprint density at radius 2 is 1.61 bits per heavy atom. The molecule has 4 rings (SSSR count). The Morgan fingerprint density at radius 3 is 2.26 bits per heavy atom. The molecule has 1 atom stereocenters. The molecule has 3 aromatic carbocycles. The van der Waals surface area contributed by atoms with Gasteiger partial charge in [-0.2, -0.15) is 0 Å². The van der Waals surface area contributed by atoms with Gasteiger partial charge in [0, 0.05) is 16.8 Å². The highest BCUT2D eigenvalue weighted by Crippen LogP contribution is 2.39. The van der Waals surface area contributed by atoms with E-state index in [1.165, 1.54) is 16.9 Å². The Hall–Kier alpha value is -3.51. The smallest absolute Gasteiger partial charge is 0.255 e. The van der Waals surface area contributed by atoms with Gasteiger partial charge in [0.1, 0.15) is 24.1 Å². The minimum absolute atomic E-state index is 0.131. The molecule has 2 amide bonds. The zero-order chi connectivity index (χ0) is 22.0. The van der Waals surface area contributed by atoms with Crippen LogP contribution in [0.4, 0.5) is 11.4 Å². The zero-order valence-corrected chi connectivity index (χ0v) is 17.9. The second-order valence-electron chi connectivity index (χ2n) is 7.02. The lowest BCUT2D eigenvalue weighted by Gasteiger charge is -2.40. The predicted octanol–water partition coefficient (Wildman–Crippen LogP) is 4.48. The Kier molecular flexibility index (Phi) is 5.82. The largest absolute Gasteiger partial charge is 0.497 e. The molecular weight excluding hydrogens is 416 g/mol. The number of anilines is 2. The van der Waals surface area contributed by atoms with Gasteiger partial charge in [-0.25, -0.2) is 0 Å². The van der Waals surface area contributed by atoms with Gasteiger partial charge >= 0.3 is 0 Å². The fourth-order valence-electron chi connectivity index (χ4n) is 3.72. The number of benzene rings is 3. The van der Waals surface area contributed by atoms with Gasteiger partial charge in [0.15, 0.2) is 0 Å². The van der Waals surface area contributed by atoms with Crippen LogP contribution >= 0.6 is 11.6 Å². The SMILES string of the molecule is COc1ccc(OC)c(N2CC(=O)N(c3ccc(Cl)cc3)C(c3ccccc3)C2=O)c1.